The fourth-order valence-electron chi connectivity index (χ4n) is 2.61. The molecule has 1 N–H and O–H groups in total. The molecule has 1 aliphatic heterocycles. The summed E-state index contributed by atoms with van der Waals surface area (Å²) in [6, 6.07) is 7.99. The molecule has 1 aromatic rings. The highest BCUT2D eigenvalue weighted by Gasteiger charge is 2.31. The molecule has 0 bridgehead atoms. The van der Waals surface area contributed by atoms with E-state index in [4.69, 9.17) is 9.84 Å². The topological polar surface area (TPSA) is 49.8 Å². The summed E-state index contributed by atoms with van der Waals surface area (Å²) in [7, 11) is 0. The minimum atomic E-state index is -0.258. The Morgan fingerprint density at radius 1 is 1.38 bits per heavy atom. The summed E-state index contributed by atoms with van der Waals surface area (Å²) in [6.07, 6.45) is 1.21. The number of nitrogens with zero attached hydrogens (tertiary/aromatic N) is 1. The van der Waals surface area contributed by atoms with Crippen LogP contribution < -0.4 is 0 Å². The van der Waals surface area contributed by atoms with Crippen LogP contribution in [0.15, 0.2) is 28.7 Å². The number of carbonyl (C=O) groups excluding carboxylic acids is 1. The molecule has 1 aromatic carbocycles. The molecule has 1 amide bonds. The van der Waals surface area contributed by atoms with Gasteiger partial charge in [0.25, 0.3) is 0 Å². The highest BCUT2D eigenvalue weighted by molar-refractivity contribution is 9.10. The molecule has 1 saturated heterocycles. The second kappa shape index (κ2) is 7.27. The average molecular weight is 356 g/mol. The second-order valence-electron chi connectivity index (χ2n) is 5.74. The van der Waals surface area contributed by atoms with Gasteiger partial charge in [0.15, 0.2) is 0 Å². The van der Waals surface area contributed by atoms with Crippen molar-refractivity contribution >= 4 is 22.0 Å². The van der Waals surface area contributed by atoms with Crippen LogP contribution in [0.1, 0.15) is 38.3 Å². The van der Waals surface area contributed by atoms with E-state index >= 15 is 0 Å². The number of benzene rings is 1. The number of halogens is 1. The Hall–Kier alpha value is -1.07. The molecule has 1 fully saturated rings. The van der Waals surface area contributed by atoms with Crippen LogP contribution in [0.25, 0.3) is 0 Å². The van der Waals surface area contributed by atoms with Gasteiger partial charge >= 0.3 is 6.09 Å². The highest BCUT2D eigenvalue weighted by Crippen LogP contribution is 2.27. The molecule has 0 radical (unpaired) electrons. The van der Waals surface area contributed by atoms with E-state index in [9.17, 15) is 4.79 Å². The van der Waals surface area contributed by atoms with E-state index in [1.54, 1.807) is 4.90 Å². The number of carbonyl (C=O) groups is 1. The van der Waals surface area contributed by atoms with Gasteiger partial charge in [0, 0.05) is 24.0 Å². The number of cyclic esters (lactones) is 1. The molecule has 2 rings (SSSR count). The summed E-state index contributed by atoms with van der Waals surface area (Å²) < 4.78 is 6.53. The molecule has 3 unspecified atom stereocenters. The molecule has 0 saturated carbocycles. The van der Waals surface area contributed by atoms with Crippen LogP contribution in [-0.2, 0) is 4.74 Å². The predicted molar refractivity (Wildman–Crippen MR) is 85.0 cm³/mol. The van der Waals surface area contributed by atoms with Crippen LogP contribution in [-0.4, -0.2) is 35.4 Å². The molecule has 1 heterocycles. The van der Waals surface area contributed by atoms with Crippen molar-refractivity contribution in [2.75, 3.05) is 13.2 Å². The SMILES string of the molecule is CC(CO)CC1CCN(C(C)c2ccc(Br)cc2)C(=O)O1. The maximum Gasteiger partial charge on any atom is 0.410 e. The quantitative estimate of drug-likeness (QED) is 0.874. The van der Waals surface area contributed by atoms with Crippen molar-refractivity contribution in [1.82, 2.24) is 4.90 Å². The van der Waals surface area contributed by atoms with Crippen molar-refractivity contribution in [3.05, 3.63) is 34.3 Å². The fourth-order valence-corrected chi connectivity index (χ4v) is 2.87. The Kier molecular flexibility index (Phi) is 5.65. The zero-order valence-corrected chi connectivity index (χ0v) is 14.0. The van der Waals surface area contributed by atoms with Gasteiger partial charge < -0.3 is 14.7 Å². The van der Waals surface area contributed by atoms with Gasteiger partial charge in [-0.25, -0.2) is 4.79 Å². The zero-order valence-electron chi connectivity index (χ0n) is 12.5. The van der Waals surface area contributed by atoms with Crippen LogP contribution in [0.4, 0.5) is 4.79 Å². The van der Waals surface area contributed by atoms with Gasteiger partial charge in [0.2, 0.25) is 0 Å². The van der Waals surface area contributed by atoms with Crippen molar-refractivity contribution in [2.45, 2.75) is 38.8 Å². The zero-order chi connectivity index (χ0) is 15.4. The van der Waals surface area contributed by atoms with Gasteiger partial charge in [0.05, 0.1) is 6.04 Å². The molecular weight excluding hydrogens is 334 g/mol. The smallest absolute Gasteiger partial charge is 0.410 e. The Morgan fingerprint density at radius 3 is 2.62 bits per heavy atom. The summed E-state index contributed by atoms with van der Waals surface area (Å²) in [4.78, 5) is 14.0. The first kappa shape index (κ1) is 16.3. The van der Waals surface area contributed by atoms with E-state index in [0.29, 0.717) is 6.54 Å². The number of hydrogen-bond acceptors (Lipinski definition) is 3. The predicted octanol–water partition coefficient (Wildman–Crippen LogP) is 3.74. The number of aliphatic hydroxyl groups is 1. The summed E-state index contributed by atoms with van der Waals surface area (Å²) in [5.41, 5.74) is 1.09. The van der Waals surface area contributed by atoms with E-state index in [-0.39, 0.29) is 30.8 Å². The molecule has 0 spiro atoms. The fraction of sp³-hybridized carbons (Fsp3) is 0.562. The van der Waals surface area contributed by atoms with Crippen LogP contribution in [0.3, 0.4) is 0 Å². The molecule has 5 heteroatoms. The summed E-state index contributed by atoms with van der Waals surface area (Å²) in [6.45, 7) is 4.80. The molecule has 4 nitrogen and oxygen atoms in total. The number of aliphatic hydroxyl groups excluding tert-OH is 1. The maximum absolute atomic E-state index is 12.2. The first-order valence-electron chi connectivity index (χ1n) is 7.34. The van der Waals surface area contributed by atoms with Gasteiger partial charge in [-0.1, -0.05) is 35.0 Å². The second-order valence-corrected chi connectivity index (χ2v) is 6.65. The minimum absolute atomic E-state index is 0.00168. The normalized spacial score (nSPS) is 21.8. The number of ether oxygens (including phenoxy) is 1. The monoisotopic (exact) mass is 355 g/mol. The van der Waals surface area contributed by atoms with Crippen molar-refractivity contribution in [2.24, 2.45) is 5.92 Å². The lowest BCUT2D eigenvalue weighted by Crippen LogP contribution is -2.43. The Morgan fingerprint density at radius 2 is 2.05 bits per heavy atom. The summed E-state index contributed by atoms with van der Waals surface area (Å²) in [5, 5.41) is 9.09. The largest absolute Gasteiger partial charge is 0.446 e. The van der Waals surface area contributed by atoms with Crippen LogP contribution in [0, 0.1) is 5.92 Å². The third-order valence-electron chi connectivity index (χ3n) is 3.99. The number of rotatable bonds is 5. The molecule has 3 atom stereocenters. The van der Waals surface area contributed by atoms with E-state index in [1.165, 1.54) is 0 Å². The maximum atomic E-state index is 12.2. The summed E-state index contributed by atoms with van der Waals surface area (Å²) >= 11 is 3.41. The molecule has 21 heavy (non-hydrogen) atoms. The third-order valence-corrected chi connectivity index (χ3v) is 4.52. The van der Waals surface area contributed by atoms with Crippen LogP contribution >= 0.6 is 15.9 Å². The van der Waals surface area contributed by atoms with Gasteiger partial charge in [-0.2, -0.15) is 0 Å². The lowest BCUT2D eigenvalue weighted by molar-refractivity contribution is 0.00105. The Balaban J connectivity index is 1.96. The van der Waals surface area contributed by atoms with Crippen molar-refractivity contribution in [1.29, 1.82) is 0 Å². The van der Waals surface area contributed by atoms with Gasteiger partial charge in [-0.3, -0.25) is 0 Å². The van der Waals surface area contributed by atoms with E-state index < -0.39 is 0 Å². The lowest BCUT2D eigenvalue weighted by Gasteiger charge is -2.36. The lowest BCUT2D eigenvalue weighted by atomic mass is 10.0. The van der Waals surface area contributed by atoms with Crippen molar-refractivity contribution < 1.29 is 14.6 Å². The number of hydrogen-bond donors (Lipinski definition) is 1. The first-order chi connectivity index (χ1) is 10.0. The van der Waals surface area contributed by atoms with E-state index in [0.717, 1.165) is 22.9 Å². The first-order valence-corrected chi connectivity index (χ1v) is 8.14. The van der Waals surface area contributed by atoms with E-state index in [2.05, 4.69) is 15.9 Å². The van der Waals surface area contributed by atoms with Crippen molar-refractivity contribution in [3.8, 4) is 0 Å². The highest BCUT2D eigenvalue weighted by atomic mass is 79.9. The third kappa shape index (κ3) is 4.20. The molecule has 0 aromatic heterocycles. The summed E-state index contributed by atoms with van der Waals surface area (Å²) in [5.74, 6) is 0.165. The van der Waals surface area contributed by atoms with Gasteiger partial charge in [-0.05, 0) is 37.0 Å². The van der Waals surface area contributed by atoms with Crippen molar-refractivity contribution in [3.63, 3.8) is 0 Å². The van der Waals surface area contributed by atoms with Gasteiger partial charge in [0.1, 0.15) is 6.10 Å². The van der Waals surface area contributed by atoms with Crippen LogP contribution in [0.5, 0.6) is 0 Å². The van der Waals surface area contributed by atoms with E-state index in [1.807, 2.05) is 38.1 Å². The molecule has 0 aliphatic carbocycles. The number of amides is 1. The van der Waals surface area contributed by atoms with Crippen LogP contribution in [0.2, 0.25) is 0 Å². The average Bonchev–Trinajstić information content (AvgIpc) is 2.47. The Bertz CT molecular complexity index is 477. The minimum Gasteiger partial charge on any atom is -0.446 e. The Labute approximate surface area is 134 Å². The van der Waals surface area contributed by atoms with Gasteiger partial charge in [-0.15, -0.1) is 0 Å². The molecular formula is C16H22BrNO3. The molecule has 1 aliphatic rings. The standard InChI is InChI=1S/C16H22BrNO3/c1-11(10-19)9-15-7-8-18(16(20)21-15)12(2)13-3-5-14(17)6-4-13/h3-6,11-12,15,19H,7-10H2,1-2H3. The molecule has 116 valence electrons.